The van der Waals surface area contributed by atoms with Gasteiger partial charge in [-0.1, -0.05) is 0 Å². The van der Waals surface area contributed by atoms with Gasteiger partial charge in [-0.2, -0.15) is 0 Å². The van der Waals surface area contributed by atoms with E-state index in [1.54, 1.807) is 24.3 Å². The van der Waals surface area contributed by atoms with E-state index in [0.29, 0.717) is 0 Å². The minimum atomic E-state index is -3.32. The summed E-state index contributed by atoms with van der Waals surface area (Å²) in [6.07, 6.45) is 22.7. The van der Waals surface area contributed by atoms with Gasteiger partial charge >= 0.3 is 329 Å². The summed E-state index contributed by atoms with van der Waals surface area (Å²) in [5, 5.41) is 0. The van der Waals surface area contributed by atoms with Gasteiger partial charge in [0.05, 0.1) is 0 Å². The summed E-state index contributed by atoms with van der Waals surface area (Å²) in [4.78, 5) is 0. The molecule has 0 bridgehead atoms. The molecule has 0 N–H and O–H groups in total. The molecule has 0 radical (unpaired) electrons. The van der Waals surface area contributed by atoms with Gasteiger partial charge in [-0.3, -0.25) is 0 Å². The molecule has 0 aliphatic carbocycles. The molecule has 52 heavy (non-hydrogen) atoms. The second-order valence-electron chi connectivity index (χ2n) is 11.1. The normalized spacial score (nSPS) is 11.4. The van der Waals surface area contributed by atoms with Crippen LogP contribution in [0.2, 0.25) is 0 Å². The number of hydrogen-bond acceptors (Lipinski definition) is 4. The van der Waals surface area contributed by atoms with Crippen molar-refractivity contribution in [2.24, 2.45) is 0 Å². The van der Waals surface area contributed by atoms with Crippen LogP contribution in [0.1, 0.15) is 22.3 Å². The van der Waals surface area contributed by atoms with E-state index in [1.165, 1.54) is 0 Å². The number of benzene rings is 5. The first-order valence-electron chi connectivity index (χ1n) is 16.6. The van der Waals surface area contributed by atoms with Crippen molar-refractivity contribution in [3.63, 3.8) is 0 Å². The van der Waals surface area contributed by atoms with Crippen molar-refractivity contribution in [2.45, 2.75) is 0 Å². The monoisotopic (exact) mass is 1070 g/mol. The third kappa shape index (κ3) is 12.1. The van der Waals surface area contributed by atoms with Crippen LogP contribution in [-0.4, -0.2) is 45.3 Å². The molecule has 4 nitrogen and oxygen atoms in total. The van der Waals surface area contributed by atoms with E-state index in [0.717, 1.165) is 51.8 Å². The average molecular weight is 1070 g/mol. The Hall–Kier alpha value is -5.01. The van der Waals surface area contributed by atoms with Crippen molar-refractivity contribution in [1.82, 2.24) is 0 Å². The molecule has 0 amide bonds. The Morgan fingerprint density at radius 1 is 0.308 bits per heavy atom. The number of rotatable bonds is 18. The first-order chi connectivity index (χ1) is 25.6. The average Bonchev–Trinajstić information content (AvgIpc) is 3.19. The summed E-state index contributed by atoms with van der Waals surface area (Å²) >= 11 is -6.65. The molecule has 0 heterocycles. The Bertz CT molecular complexity index is 1750. The third-order valence-corrected chi connectivity index (χ3v) is 18.7. The molecule has 5 rings (SSSR count). The molecule has 6 heteroatoms. The van der Waals surface area contributed by atoms with Crippen LogP contribution in [0.15, 0.2) is 196 Å². The van der Waals surface area contributed by atoms with Crippen molar-refractivity contribution in [2.75, 3.05) is 0 Å². The number of hydrogen-bond donors (Lipinski definition) is 0. The summed E-state index contributed by atoms with van der Waals surface area (Å²) in [6.45, 7) is 15.0. The van der Waals surface area contributed by atoms with Gasteiger partial charge in [-0.15, -0.1) is 0 Å². The molecule has 0 aliphatic rings. The molecule has 258 valence electrons. The van der Waals surface area contributed by atoms with E-state index in [2.05, 4.69) is 50.6 Å². The van der Waals surface area contributed by atoms with E-state index in [4.69, 9.17) is 11.3 Å². The molecule has 0 fully saturated rings. The Labute approximate surface area is 326 Å². The predicted octanol–water partition coefficient (Wildman–Crippen LogP) is 10.2. The standard InChI is InChI=1S/4C10H10O.C6H4.2Bi/c4*1-2-3-4-9-5-7-10(11)8-6-9;1-2-4-6-5-3-1;;/h4*2-8,11H,1H2;1-2,5-6H;;/q;;;;;2*+2/p-4. The van der Waals surface area contributed by atoms with Gasteiger partial charge < -0.3 is 0 Å². The Kier molecular flexibility index (Phi) is 15.2. The molecular formula is C46H40Bi2O4. The van der Waals surface area contributed by atoms with Crippen LogP contribution in [0.25, 0.3) is 24.3 Å². The van der Waals surface area contributed by atoms with Gasteiger partial charge in [0.25, 0.3) is 0 Å². The zero-order valence-electron chi connectivity index (χ0n) is 28.8. The molecule has 0 aromatic heterocycles. The summed E-state index contributed by atoms with van der Waals surface area (Å²) < 4.78 is 28.8. The maximum atomic E-state index is 6.67. The Morgan fingerprint density at radius 2 is 0.519 bits per heavy atom. The fraction of sp³-hybridized carbons (Fsp3) is 0. The van der Waals surface area contributed by atoms with E-state index in [9.17, 15) is 0 Å². The molecule has 0 unspecified atom stereocenters. The second kappa shape index (κ2) is 20.7. The van der Waals surface area contributed by atoms with E-state index >= 15 is 0 Å². The van der Waals surface area contributed by atoms with Crippen molar-refractivity contribution in [3.8, 4) is 23.0 Å². The van der Waals surface area contributed by atoms with Gasteiger partial charge in [-0.05, 0) is 0 Å². The molecular weight excluding hydrogens is 1030 g/mol. The summed E-state index contributed by atoms with van der Waals surface area (Å²) in [5.74, 6) is 3.07. The molecule has 0 atom stereocenters. The van der Waals surface area contributed by atoms with Crippen LogP contribution in [0.4, 0.5) is 0 Å². The van der Waals surface area contributed by atoms with Gasteiger partial charge in [0, 0.05) is 0 Å². The molecule has 5 aromatic carbocycles. The van der Waals surface area contributed by atoms with Crippen LogP contribution < -0.4 is 17.8 Å². The first-order valence-corrected chi connectivity index (χ1v) is 25.7. The van der Waals surface area contributed by atoms with Gasteiger partial charge in [-0.25, -0.2) is 0 Å². The van der Waals surface area contributed by atoms with Gasteiger partial charge in [0.2, 0.25) is 0 Å². The van der Waals surface area contributed by atoms with Crippen LogP contribution in [0, 0.1) is 0 Å². The first kappa shape index (κ1) is 38.2. The van der Waals surface area contributed by atoms with Crippen molar-refractivity contribution < 1.29 is 11.3 Å². The van der Waals surface area contributed by atoms with Crippen LogP contribution >= 0.6 is 0 Å². The fourth-order valence-electron chi connectivity index (χ4n) is 4.60. The summed E-state index contributed by atoms with van der Waals surface area (Å²) in [5.41, 5.74) is 4.26. The summed E-state index contributed by atoms with van der Waals surface area (Å²) in [6, 6.07) is 40.5. The third-order valence-electron chi connectivity index (χ3n) is 7.24. The topological polar surface area (TPSA) is 36.9 Å². The molecule has 0 saturated heterocycles. The molecule has 0 saturated carbocycles. The van der Waals surface area contributed by atoms with Gasteiger partial charge in [0.15, 0.2) is 0 Å². The summed E-state index contributed by atoms with van der Waals surface area (Å²) in [7, 11) is 0. The molecule has 5 aromatic rings. The molecule has 0 spiro atoms. The van der Waals surface area contributed by atoms with Gasteiger partial charge in [0.1, 0.15) is 0 Å². The minimum absolute atomic E-state index is 0.768. The van der Waals surface area contributed by atoms with Crippen molar-refractivity contribution in [1.29, 1.82) is 0 Å². The predicted molar refractivity (Wildman–Crippen MR) is 222 cm³/mol. The van der Waals surface area contributed by atoms with Crippen LogP contribution in [0.5, 0.6) is 23.0 Å². The Balaban J connectivity index is 1.43. The Morgan fingerprint density at radius 3 is 0.712 bits per heavy atom. The molecule has 0 aliphatic heterocycles. The van der Waals surface area contributed by atoms with E-state index in [1.807, 2.05) is 146 Å². The SMILES string of the molecule is C=CC=Cc1ccc([O][Bi]([O]c2ccc(C=CC=C)cc2)[c]2cc[c]([Bi]([O]c3ccc(C=CC=C)cc3)[O]c3ccc(C=CC=C)cc3)cc2)cc1. The number of allylic oxidation sites excluding steroid dienone is 8. The zero-order valence-corrected chi connectivity index (χ0v) is 35.8. The fourth-order valence-corrected chi connectivity index (χ4v) is 14.5. The zero-order chi connectivity index (χ0) is 36.4. The maximum absolute atomic E-state index is 6.67. The van der Waals surface area contributed by atoms with Crippen molar-refractivity contribution >= 4 is 76.1 Å². The van der Waals surface area contributed by atoms with E-state index in [-0.39, 0.29) is 0 Å². The second-order valence-corrected chi connectivity index (χ2v) is 21.9. The van der Waals surface area contributed by atoms with Crippen molar-refractivity contribution in [3.05, 3.63) is 219 Å². The quantitative estimate of drug-likeness (QED) is 0.0648. The van der Waals surface area contributed by atoms with E-state index < -0.39 is 45.3 Å². The van der Waals surface area contributed by atoms with Crippen LogP contribution in [-0.2, 0) is 0 Å². The van der Waals surface area contributed by atoms with Crippen LogP contribution in [0.3, 0.4) is 0 Å².